The van der Waals surface area contributed by atoms with Crippen LogP contribution in [-0.4, -0.2) is 24.1 Å². The summed E-state index contributed by atoms with van der Waals surface area (Å²) in [4.78, 5) is 13.7. The molecule has 1 radical (unpaired) electrons. The summed E-state index contributed by atoms with van der Waals surface area (Å²) in [7, 11) is 0. The number of para-hydroxylation sites is 4. The third-order valence-electron chi connectivity index (χ3n) is 6.44. The predicted molar refractivity (Wildman–Crippen MR) is 153 cm³/mol. The summed E-state index contributed by atoms with van der Waals surface area (Å²) in [6.45, 7) is 4.28. The molecule has 0 amide bonds. The van der Waals surface area contributed by atoms with Gasteiger partial charge in [0.2, 0.25) is 5.95 Å². The van der Waals surface area contributed by atoms with E-state index in [4.69, 9.17) is 4.98 Å². The fraction of sp³-hybridized carbons (Fsp3) is 0.0606. The van der Waals surface area contributed by atoms with Crippen LogP contribution in [0.15, 0.2) is 116 Å². The molecule has 5 nitrogen and oxygen atoms in total. The van der Waals surface area contributed by atoms with Crippen molar-refractivity contribution in [3.05, 3.63) is 139 Å². The van der Waals surface area contributed by atoms with Gasteiger partial charge in [0.1, 0.15) is 0 Å². The summed E-state index contributed by atoms with van der Waals surface area (Å²) >= 11 is 0. The number of hydrogen-bond acceptors (Lipinski definition) is 3. The number of hydrogen-bond donors (Lipinski definition) is 0. The standard InChI is InChI=1S/C22H17N4.C11H8N.Ir/c1-15-8-7-9-16(2)21(15)26-20-13-6-4-11-18(20)24-22(26)25-14-23-17-10-3-5-12-19(17)25;1-2-6-10(7-3-1)11-8-4-5-9-12-11;/h3-11,13-14H,1-2H3;1-6,8-9H;/q2*-1;. The Labute approximate surface area is 241 Å². The maximum absolute atomic E-state index is 4.93. The van der Waals surface area contributed by atoms with Crippen molar-refractivity contribution in [2.45, 2.75) is 13.8 Å². The first kappa shape index (κ1) is 26.2. The van der Waals surface area contributed by atoms with Gasteiger partial charge in [0.15, 0.2) is 0 Å². The average molecular weight is 684 g/mol. The maximum Gasteiger partial charge on any atom is 0.219 e. The normalized spacial score (nSPS) is 10.6. The second-order valence-corrected chi connectivity index (χ2v) is 8.99. The number of aromatic nitrogens is 5. The zero-order valence-electron chi connectivity index (χ0n) is 21.5. The second kappa shape index (κ2) is 11.6. The summed E-state index contributed by atoms with van der Waals surface area (Å²) in [5, 5.41) is 0. The smallest absolute Gasteiger partial charge is 0.219 e. The minimum absolute atomic E-state index is 0. The van der Waals surface area contributed by atoms with E-state index in [1.54, 1.807) is 6.20 Å². The Bertz CT molecular complexity index is 1780. The Morgan fingerprint density at radius 3 is 2.18 bits per heavy atom. The van der Waals surface area contributed by atoms with E-state index in [0.29, 0.717) is 0 Å². The SMILES string of the molecule is Cc1cccc(C)c1-n1c(-n2cnc3ccc[c-]c32)nc2ccccc21.[Ir].[c-]1ccccc1-c1ccccn1. The van der Waals surface area contributed by atoms with E-state index in [-0.39, 0.29) is 20.1 Å². The van der Waals surface area contributed by atoms with Crippen LogP contribution in [0.4, 0.5) is 0 Å². The number of nitrogens with zero attached hydrogens (tertiary/aromatic N) is 5. The summed E-state index contributed by atoms with van der Waals surface area (Å²) in [5.41, 5.74) is 9.47. The van der Waals surface area contributed by atoms with Gasteiger partial charge in [-0.15, -0.1) is 42.0 Å². The molecule has 6 heteroatoms. The van der Waals surface area contributed by atoms with Gasteiger partial charge in [-0.3, -0.25) is 9.13 Å². The van der Waals surface area contributed by atoms with Gasteiger partial charge < -0.3 is 9.97 Å². The summed E-state index contributed by atoms with van der Waals surface area (Å²) < 4.78 is 4.24. The van der Waals surface area contributed by atoms with Crippen LogP contribution in [0, 0.1) is 26.0 Å². The fourth-order valence-electron chi connectivity index (χ4n) is 4.67. The van der Waals surface area contributed by atoms with E-state index in [2.05, 4.69) is 70.8 Å². The molecular weight excluding hydrogens is 659 g/mol. The molecule has 0 aliphatic heterocycles. The van der Waals surface area contributed by atoms with E-state index in [0.717, 1.165) is 45.0 Å². The third kappa shape index (κ3) is 5.17. The number of imidazole rings is 2. The summed E-state index contributed by atoms with van der Waals surface area (Å²) in [6, 6.07) is 40.6. The van der Waals surface area contributed by atoms with Crippen LogP contribution < -0.4 is 0 Å². The van der Waals surface area contributed by atoms with Crippen molar-refractivity contribution in [3.8, 4) is 22.9 Å². The van der Waals surface area contributed by atoms with Crippen LogP contribution >= 0.6 is 0 Å². The first-order valence-corrected chi connectivity index (χ1v) is 12.5. The Kier molecular flexibility index (Phi) is 7.78. The maximum atomic E-state index is 4.93. The molecule has 0 atom stereocenters. The first-order valence-electron chi connectivity index (χ1n) is 12.5. The van der Waals surface area contributed by atoms with Crippen LogP contribution in [0.1, 0.15) is 11.1 Å². The molecule has 193 valence electrons. The number of benzene rings is 4. The van der Waals surface area contributed by atoms with Crippen molar-refractivity contribution in [3.63, 3.8) is 0 Å². The molecule has 39 heavy (non-hydrogen) atoms. The molecule has 0 bridgehead atoms. The van der Waals surface area contributed by atoms with Crippen molar-refractivity contribution < 1.29 is 20.1 Å². The van der Waals surface area contributed by atoms with Crippen LogP contribution in [0.2, 0.25) is 0 Å². The van der Waals surface area contributed by atoms with Gasteiger partial charge >= 0.3 is 0 Å². The molecule has 3 heterocycles. The van der Waals surface area contributed by atoms with E-state index < -0.39 is 0 Å². The molecule has 0 spiro atoms. The van der Waals surface area contributed by atoms with Gasteiger partial charge in [-0.05, 0) is 59.9 Å². The Balaban J connectivity index is 0.000000200. The van der Waals surface area contributed by atoms with Gasteiger partial charge in [0, 0.05) is 26.3 Å². The summed E-state index contributed by atoms with van der Waals surface area (Å²) in [6.07, 6.45) is 3.61. The van der Waals surface area contributed by atoms with E-state index in [1.807, 2.05) is 83.7 Å². The molecule has 4 aromatic carbocycles. The van der Waals surface area contributed by atoms with Crippen LogP contribution in [-0.2, 0) is 20.1 Å². The Morgan fingerprint density at radius 1 is 0.667 bits per heavy atom. The van der Waals surface area contributed by atoms with Crippen LogP contribution in [0.3, 0.4) is 0 Å². The molecule has 0 fully saturated rings. The predicted octanol–water partition coefficient (Wildman–Crippen LogP) is 7.33. The average Bonchev–Trinajstić information content (AvgIpc) is 3.56. The molecule has 0 aliphatic rings. The molecule has 0 saturated heterocycles. The fourth-order valence-corrected chi connectivity index (χ4v) is 4.67. The number of rotatable bonds is 3. The van der Waals surface area contributed by atoms with Crippen molar-refractivity contribution in [2.75, 3.05) is 0 Å². The Hall–Kier alpha value is -4.38. The van der Waals surface area contributed by atoms with Crippen molar-refractivity contribution >= 4 is 22.1 Å². The van der Waals surface area contributed by atoms with Crippen molar-refractivity contribution in [2.24, 2.45) is 0 Å². The quantitative estimate of drug-likeness (QED) is 0.184. The molecule has 0 aliphatic carbocycles. The molecule has 0 N–H and O–H groups in total. The molecule has 0 unspecified atom stereocenters. The minimum atomic E-state index is 0. The number of fused-ring (bicyclic) bond motifs is 2. The monoisotopic (exact) mass is 684 g/mol. The topological polar surface area (TPSA) is 48.5 Å². The molecule has 7 rings (SSSR count). The van der Waals surface area contributed by atoms with Gasteiger partial charge in [-0.25, -0.2) is 4.98 Å². The third-order valence-corrected chi connectivity index (χ3v) is 6.44. The summed E-state index contributed by atoms with van der Waals surface area (Å²) in [5.74, 6) is 0.827. The van der Waals surface area contributed by atoms with Gasteiger partial charge in [-0.2, -0.15) is 18.2 Å². The largest absolute Gasteiger partial charge is 0.305 e. The van der Waals surface area contributed by atoms with Gasteiger partial charge in [-0.1, -0.05) is 42.5 Å². The van der Waals surface area contributed by atoms with Crippen LogP contribution in [0.5, 0.6) is 0 Å². The zero-order chi connectivity index (χ0) is 25.9. The van der Waals surface area contributed by atoms with Gasteiger partial charge in [0.05, 0.1) is 23.0 Å². The number of pyridine rings is 1. The second-order valence-electron chi connectivity index (χ2n) is 8.99. The minimum Gasteiger partial charge on any atom is -0.305 e. The van der Waals surface area contributed by atoms with Crippen molar-refractivity contribution in [1.29, 1.82) is 0 Å². The first-order chi connectivity index (χ1) is 18.7. The molecule has 7 aromatic rings. The Morgan fingerprint density at radius 2 is 1.41 bits per heavy atom. The van der Waals surface area contributed by atoms with Crippen LogP contribution in [0.25, 0.3) is 45.0 Å². The van der Waals surface area contributed by atoms with Crippen molar-refractivity contribution in [1.82, 2.24) is 24.1 Å². The van der Waals surface area contributed by atoms with Gasteiger partial charge in [0.25, 0.3) is 0 Å². The molecule has 0 saturated carbocycles. The van der Waals surface area contributed by atoms with E-state index in [9.17, 15) is 0 Å². The van der Waals surface area contributed by atoms with E-state index in [1.165, 1.54) is 11.1 Å². The zero-order valence-corrected chi connectivity index (χ0v) is 23.9. The molecular formula is C33H25IrN5-2. The molecule has 3 aromatic heterocycles. The number of aryl methyl sites for hydroxylation is 2. The van der Waals surface area contributed by atoms with E-state index >= 15 is 0 Å².